The van der Waals surface area contributed by atoms with Gasteiger partial charge in [0.15, 0.2) is 0 Å². The first kappa shape index (κ1) is 29.2. The van der Waals surface area contributed by atoms with E-state index in [0.717, 1.165) is 12.0 Å². The standard InChI is InChI=1S/C7H7.3CH2O.CH3.W/c1-2-7-5-3-4-6-7;3*1-2;;/h2-3,5H,1,4H2;3*1H2;1H3;/q-1;;;;-1;+2. The minimum Gasteiger partial charge on any atom is -0.358 e. The Morgan fingerprint density at radius 1 is 1.13 bits per heavy atom. The Morgan fingerprint density at radius 3 is 1.67 bits per heavy atom. The SMILES string of the molecule is C=CC1=[C-]CC=C1.C=O.C=O.C=O.[CH3-].[W+2]. The van der Waals surface area contributed by atoms with Crippen LogP contribution in [-0.2, 0) is 35.4 Å². The normalized spacial score (nSPS) is 8.67. The van der Waals surface area contributed by atoms with Gasteiger partial charge in [-0.05, 0) is 0 Å². The van der Waals surface area contributed by atoms with Crippen LogP contribution in [0.4, 0.5) is 0 Å². The molecule has 1 aliphatic carbocycles. The zero-order valence-electron chi connectivity index (χ0n) is 8.90. The molecule has 0 radical (unpaired) electrons. The number of rotatable bonds is 1. The summed E-state index contributed by atoms with van der Waals surface area (Å²) < 4.78 is 0. The topological polar surface area (TPSA) is 51.2 Å². The average molecular weight is 380 g/mol. The first-order chi connectivity index (χ1) is 6.43. The molecule has 0 aromatic rings. The fraction of sp³-hybridized carbons (Fsp3) is 0.0909. The van der Waals surface area contributed by atoms with Crippen LogP contribution in [0.3, 0.4) is 0 Å². The van der Waals surface area contributed by atoms with Gasteiger partial charge in [0, 0.05) is 0 Å². The van der Waals surface area contributed by atoms with Crippen molar-refractivity contribution in [2.45, 2.75) is 6.42 Å². The smallest absolute Gasteiger partial charge is 0.358 e. The minimum atomic E-state index is 0. The van der Waals surface area contributed by atoms with Gasteiger partial charge in [0.1, 0.15) is 20.4 Å². The maximum Gasteiger partial charge on any atom is 2.00 e. The van der Waals surface area contributed by atoms with E-state index in [1.807, 2.05) is 32.5 Å². The molecule has 0 aromatic carbocycles. The van der Waals surface area contributed by atoms with Crippen LogP contribution in [0.1, 0.15) is 6.42 Å². The Labute approximate surface area is 106 Å². The van der Waals surface area contributed by atoms with Gasteiger partial charge in [-0.15, -0.1) is 6.08 Å². The van der Waals surface area contributed by atoms with Gasteiger partial charge in [-0.2, -0.15) is 30.4 Å². The summed E-state index contributed by atoms with van der Waals surface area (Å²) in [6.45, 7) is 9.59. The van der Waals surface area contributed by atoms with Gasteiger partial charge in [0.05, 0.1) is 0 Å². The molecule has 0 spiro atoms. The van der Waals surface area contributed by atoms with Crippen molar-refractivity contribution in [3.8, 4) is 0 Å². The van der Waals surface area contributed by atoms with Crippen molar-refractivity contribution in [2.75, 3.05) is 0 Å². The number of carbonyl (C=O) groups is 3. The molecule has 0 aromatic heterocycles. The third-order valence-electron chi connectivity index (χ3n) is 0.941. The van der Waals surface area contributed by atoms with E-state index in [-0.39, 0.29) is 28.5 Å². The van der Waals surface area contributed by atoms with Crippen molar-refractivity contribution in [1.29, 1.82) is 0 Å². The van der Waals surface area contributed by atoms with Crippen molar-refractivity contribution in [2.24, 2.45) is 0 Å². The van der Waals surface area contributed by atoms with E-state index in [2.05, 4.69) is 18.7 Å². The molecule has 15 heavy (non-hydrogen) atoms. The molecular formula is C11H16O3W. The molecule has 0 bridgehead atoms. The molecular weight excluding hydrogens is 364 g/mol. The summed E-state index contributed by atoms with van der Waals surface area (Å²) in [5, 5.41) is 0. The van der Waals surface area contributed by atoms with Gasteiger partial charge in [-0.3, -0.25) is 0 Å². The van der Waals surface area contributed by atoms with Crippen molar-refractivity contribution in [1.82, 2.24) is 0 Å². The second-order valence-electron chi connectivity index (χ2n) is 1.44. The second-order valence-corrected chi connectivity index (χ2v) is 1.44. The maximum atomic E-state index is 8.00. The van der Waals surface area contributed by atoms with E-state index in [0.29, 0.717) is 0 Å². The van der Waals surface area contributed by atoms with Crippen LogP contribution in [0.2, 0.25) is 0 Å². The summed E-state index contributed by atoms with van der Waals surface area (Å²) in [5.74, 6) is 0. The largest absolute Gasteiger partial charge is 2.00 e. The molecule has 0 atom stereocenters. The number of hydrogen-bond donors (Lipinski definition) is 0. The van der Waals surface area contributed by atoms with Crippen LogP contribution in [0.15, 0.2) is 30.4 Å². The Morgan fingerprint density at radius 2 is 1.53 bits per heavy atom. The molecule has 0 N–H and O–H groups in total. The zero-order chi connectivity index (χ0) is 11.1. The summed E-state index contributed by atoms with van der Waals surface area (Å²) >= 11 is 0. The van der Waals surface area contributed by atoms with E-state index in [1.54, 1.807) is 0 Å². The van der Waals surface area contributed by atoms with Crippen LogP contribution < -0.4 is 0 Å². The molecule has 1 rings (SSSR count). The fourth-order valence-corrected chi connectivity index (χ4v) is 0.562. The molecule has 0 amide bonds. The molecule has 0 fully saturated rings. The Bertz CT molecular complexity index is 172. The summed E-state index contributed by atoms with van der Waals surface area (Å²) in [7, 11) is 0. The molecule has 0 unspecified atom stereocenters. The molecule has 0 saturated heterocycles. The average Bonchev–Trinajstić information content (AvgIpc) is 2.79. The van der Waals surface area contributed by atoms with E-state index >= 15 is 0 Å². The summed E-state index contributed by atoms with van der Waals surface area (Å²) in [6.07, 6.45) is 9.95. The number of allylic oxidation sites excluding steroid dienone is 5. The van der Waals surface area contributed by atoms with Crippen molar-refractivity contribution in [3.05, 3.63) is 43.9 Å². The van der Waals surface area contributed by atoms with Gasteiger partial charge in [0.25, 0.3) is 0 Å². The molecule has 1 aliphatic rings. The van der Waals surface area contributed by atoms with E-state index in [1.165, 1.54) is 0 Å². The van der Waals surface area contributed by atoms with Crippen LogP contribution in [-0.4, -0.2) is 20.4 Å². The maximum absolute atomic E-state index is 8.00. The zero-order valence-corrected chi connectivity index (χ0v) is 11.8. The van der Waals surface area contributed by atoms with Crippen molar-refractivity contribution < 1.29 is 35.4 Å². The second kappa shape index (κ2) is 38.3. The summed E-state index contributed by atoms with van der Waals surface area (Å²) in [5.41, 5.74) is 1.13. The van der Waals surface area contributed by atoms with Crippen LogP contribution >= 0.6 is 0 Å². The first-order valence-electron chi connectivity index (χ1n) is 3.20. The van der Waals surface area contributed by atoms with Gasteiger partial charge >= 0.3 is 21.1 Å². The van der Waals surface area contributed by atoms with Gasteiger partial charge in [-0.1, -0.05) is 6.42 Å². The first-order valence-corrected chi connectivity index (χ1v) is 3.20. The molecule has 4 heteroatoms. The van der Waals surface area contributed by atoms with Gasteiger partial charge in [0.2, 0.25) is 0 Å². The van der Waals surface area contributed by atoms with Crippen LogP contribution in [0, 0.1) is 13.5 Å². The van der Waals surface area contributed by atoms with Crippen LogP contribution in [0.5, 0.6) is 0 Å². The van der Waals surface area contributed by atoms with Crippen molar-refractivity contribution >= 4 is 20.4 Å². The third-order valence-corrected chi connectivity index (χ3v) is 0.941. The van der Waals surface area contributed by atoms with E-state index < -0.39 is 0 Å². The predicted molar refractivity (Wildman–Crippen MR) is 58.5 cm³/mol. The summed E-state index contributed by atoms with van der Waals surface area (Å²) in [4.78, 5) is 24.0. The van der Waals surface area contributed by atoms with Crippen LogP contribution in [0.25, 0.3) is 0 Å². The molecule has 0 aliphatic heterocycles. The minimum absolute atomic E-state index is 0. The quantitative estimate of drug-likeness (QED) is 0.652. The molecule has 3 nitrogen and oxygen atoms in total. The van der Waals surface area contributed by atoms with Gasteiger partial charge in [-0.25, -0.2) is 0 Å². The number of hydrogen-bond acceptors (Lipinski definition) is 3. The Balaban J connectivity index is -0.0000000369. The predicted octanol–water partition coefficient (Wildman–Crippen LogP) is 1.75. The monoisotopic (exact) mass is 380 g/mol. The molecule has 84 valence electrons. The Kier molecular flexibility index (Phi) is 74.6. The number of carbonyl (C=O) groups excluding carboxylic acids is 3. The fourth-order valence-electron chi connectivity index (χ4n) is 0.562. The van der Waals surface area contributed by atoms with E-state index in [9.17, 15) is 0 Å². The van der Waals surface area contributed by atoms with E-state index in [4.69, 9.17) is 14.4 Å². The van der Waals surface area contributed by atoms with Gasteiger partial charge < -0.3 is 21.8 Å². The van der Waals surface area contributed by atoms with Crippen molar-refractivity contribution in [3.63, 3.8) is 0 Å². The summed E-state index contributed by atoms with van der Waals surface area (Å²) in [6, 6.07) is 0. The Hall–Kier alpha value is -1.08. The third kappa shape index (κ3) is 24.6. The molecule has 0 saturated carbocycles. The molecule has 0 heterocycles.